The summed E-state index contributed by atoms with van der Waals surface area (Å²) >= 11 is 6.05. The summed E-state index contributed by atoms with van der Waals surface area (Å²) in [6, 6.07) is 15.5. The van der Waals surface area contributed by atoms with Gasteiger partial charge in [-0.05, 0) is 55.4 Å². The van der Waals surface area contributed by atoms with Crippen LogP contribution in [0.15, 0.2) is 60.8 Å². The highest BCUT2D eigenvalue weighted by molar-refractivity contribution is 6.29. The van der Waals surface area contributed by atoms with Crippen LogP contribution >= 0.6 is 11.6 Å². The lowest BCUT2D eigenvalue weighted by Gasteiger charge is -2.36. The monoisotopic (exact) mass is 499 g/mol. The summed E-state index contributed by atoms with van der Waals surface area (Å²) in [7, 11) is 0. The Bertz CT molecular complexity index is 1340. The predicted molar refractivity (Wildman–Crippen MR) is 135 cm³/mol. The van der Waals surface area contributed by atoms with Crippen molar-refractivity contribution in [3.63, 3.8) is 0 Å². The average Bonchev–Trinajstić information content (AvgIpc) is 2.85. The lowest BCUT2D eigenvalue weighted by molar-refractivity contribution is -0.137. The number of hydrogen-bond donors (Lipinski definition) is 1. The van der Waals surface area contributed by atoms with Crippen LogP contribution in [0.2, 0.25) is 5.15 Å². The molecule has 0 radical (unpaired) electrons. The number of rotatable bonds is 6. The molecule has 2 aromatic heterocycles. The third-order valence-corrected chi connectivity index (χ3v) is 6.63. The minimum atomic E-state index is -4.37. The zero-order valence-electron chi connectivity index (χ0n) is 19.0. The van der Waals surface area contributed by atoms with Crippen LogP contribution in [0.25, 0.3) is 21.8 Å². The second-order valence-electron chi connectivity index (χ2n) is 8.68. The van der Waals surface area contributed by atoms with Crippen LogP contribution in [0.5, 0.6) is 0 Å². The molecule has 0 spiro atoms. The van der Waals surface area contributed by atoms with E-state index < -0.39 is 11.7 Å². The van der Waals surface area contributed by atoms with E-state index in [1.165, 1.54) is 11.8 Å². The van der Waals surface area contributed by atoms with E-state index in [2.05, 4.69) is 31.2 Å². The topological polar surface area (TPSA) is 44.3 Å². The Morgan fingerprint density at radius 1 is 0.914 bits per heavy atom. The van der Waals surface area contributed by atoms with Gasteiger partial charge in [-0.3, -0.25) is 9.88 Å². The molecule has 1 fully saturated rings. The van der Waals surface area contributed by atoms with E-state index in [1.807, 2.05) is 24.3 Å². The molecule has 1 aliphatic heterocycles. The third kappa shape index (κ3) is 5.28. The standard InChI is InChI=1S/C26H25ClF3N5/c27-25-8-7-20-22(33-25)3-1-4-24(20)35-15-13-34(14-16-35)12-2-10-31-21-9-11-32-23-17-18(26(28,29)30)5-6-19(21)23/h1,3-9,11,17H,2,10,12-16H2,(H,31,32). The number of aromatic nitrogens is 2. The first kappa shape index (κ1) is 23.6. The predicted octanol–water partition coefficient (Wildman–Crippen LogP) is 6.08. The SMILES string of the molecule is FC(F)(F)c1ccc2c(NCCCN3CCN(c4cccc5nc(Cl)ccc45)CC3)ccnc2c1. The molecule has 0 unspecified atom stereocenters. The van der Waals surface area contributed by atoms with Crippen LogP contribution in [-0.2, 0) is 6.18 Å². The molecule has 9 heteroatoms. The summed E-state index contributed by atoms with van der Waals surface area (Å²) in [6.45, 7) is 5.49. The van der Waals surface area contributed by atoms with Crippen molar-refractivity contribution < 1.29 is 13.2 Å². The first-order valence-electron chi connectivity index (χ1n) is 11.6. The molecule has 1 aliphatic rings. The lowest BCUT2D eigenvalue weighted by Crippen LogP contribution is -2.46. The molecule has 0 amide bonds. The van der Waals surface area contributed by atoms with Gasteiger partial charge < -0.3 is 10.2 Å². The van der Waals surface area contributed by atoms with E-state index in [1.54, 1.807) is 12.3 Å². The minimum absolute atomic E-state index is 0.340. The quantitative estimate of drug-likeness (QED) is 0.257. The highest BCUT2D eigenvalue weighted by atomic mass is 35.5. The normalized spacial score (nSPS) is 15.1. The third-order valence-electron chi connectivity index (χ3n) is 6.42. The minimum Gasteiger partial charge on any atom is -0.384 e. The number of alkyl halides is 3. The first-order valence-corrected chi connectivity index (χ1v) is 12.0. The van der Waals surface area contributed by atoms with Crippen LogP contribution in [0.4, 0.5) is 24.5 Å². The molecule has 1 saturated heterocycles. The molecule has 4 aromatic rings. The van der Waals surface area contributed by atoms with Gasteiger partial charge >= 0.3 is 6.18 Å². The number of fused-ring (bicyclic) bond motifs is 2. The molecule has 0 atom stereocenters. The Kier molecular flexibility index (Phi) is 6.67. The number of piperazine rings is 1. The summed E-state index contributed by atoms with van der Waals surface area (Å²) in [5, 5.41) is 5.67. The van der Waals surface area contributed by atoms with Crippen LogP contribution in [0.3, 0.4) is 0 Å². The highest BCUT2D eigenvalue weighted by Gasteiger charge is 2.30. The molecule has 0 aliphatic carbocycles. The van der Waals surface area contributed by atoms with Crippen molar-refractivity contribution in [1.29, 1.82) is 0 Å². The zero-order valence-corrected chi connectivity index (χ0v) is 19.8. The van der Waals surface area contributed by atoms with Gasteiger partial charge in [-0.1, -0.05) is 23.7 Å². The van der Waals surface area contributed by atoms with Crippen molar-refractivity contribution in [2.75, 3.05) is 49.5 Å². The number of pyridine rings is 2. The Labute approximate surface area is 206 Å². The average molecular weight is 500 g/mol. The smallest absolute Gasteiger partial charge is 0.384 e. The first-order chi connectivity index (χ1) is 16.9. The number of nitrogens with zero attached hydrogens (tertiary/aromatic N) is 4. The molecule has 1 N–H and O–H groups in total. The van der Waals surface area contributed by atoms with E-state index in [9.17, 15) is 13.2 Å². The summed E-state index contributed by atoms with van der Waals surface area (Å²) in [6.07, 6.45) is -1.90. The second-order valence-corrected chi connectivity index (χ2v) is 9.06. The lowest BCUT2D eigenvalue weighted by atomic mass is 10.1. The van der Waals surface area contributed by atoms with Gasteiger partial charge in [-0.2, -0.15) is 13.2 Å². The van der Waals surface area contributed by atoms with E-state index >= 15 is 0 Å². The molecule has 5 rings (SSSR count). The van der Waals surface area contributed by atoms with Crippen molar-refractivity contribution >= 4 is 44.8 Å². The van der Waals surface area contributed by atoms with Crippen molar-refractivity contribution in [2.24, 2.45) is 0 Å². The highest BCUT2D eigenvalue weighted by Crippen LogP contribution is 2.32. The van der Waals surface area contributed by atoms with Crippen molar-refractivity contribution in [3.8, 4) is 0 Å². The number of hydrogen-bond acceptors (Lipinski definition) is 5. The fourth-order valence-electron chi connectivity index (χ4n) is 4.61. The molecular weight excluding hydrogens is 475 g/mol. The molecule has 182 valence electrons. The Balaban J connectivity index is 1.14. The Hall–Kier alpha value is -3.10. The van der Waals surface area contributed by atoms with Crippen molar-refractivity contribution in [3.05, 3.63) is 71.5 Å². The van der Waals surface area contributed by atoms with Gasteiger partial charge in [-0.15, -0.1) is 0 Å². The molecule has 35 heavy (non-hydrogen) atoms. The fourth-order valence-corrected chi connectivity index (χ4v) is 4.76. The number of anilines is 2. The van der Waals surface area contributed by atoms with Gasteiger partial charge in [0, 0.05) is 61.1 Å². The van der Waals surface area contributed by atoms with Crippen molar-refractivity contribution in [1.82, 2.24) is 14.9 Å². The summed E-state index contributed by atoms with van der Waals surface area (Å²) < 4.78 is 39.0. The van der Waals surface area contributed by atoms with Crippen molar-refractivity contribution in [2.45, 2.75) is 12.6 Å². The Morgan fingerprint density at radius 3 is 2.51 bits per heavy atom. The van der Waals surface area contributed by atoms with Gasteiger partial charge in [0.2, 0.25) is 0 Å². The summed E-state index contributed by atoms with van der Waals surface area (Å²) in [5.74, 6) is 0. The van der Waals surface area contributed by atoms with Crippen LogP contribution in [-0.4, -0.2) is 54.1 Å². The van der Waals surface area contributed by atoms with E-state index in [0.717, 1.165) is 74.4 Å². The largest absolute Gasteiger partial charge is 0.416 e. The van der Waals surface area contributed by atoms with E-state index in [0.29, 0.717) is 16.1 Å². The number of halogens is 4. The van der Waals surface area contributed by atoms with Gasteiger partial charge in [0.1, 0.15) is 5.15 Å². The van der Waals surface area contributed by atoms with Crippen LogP contribution in [0.1, 0.15) is 12.0 Å². The zero-order chi connectivity index (χ0) is 24.4. The fraction of sp³-hybridized carbons (Fsp3) is 0.308. The van der Waals surface area contributed by atoms with Gasteiger partial charge in [0.05, 0.1) is 16.6 Å². The second kappa shape index (κ2) is 9.87. The molecule has 0 bridgehead atoms. The Morgan fingerprint density at radius 2 is 1.71 bits per heavy atom. The van der Waals surface area contributed by atoms with Crippen LogP contribution < -0.4 is 10.2 Å². The van der Waals surface area contributed by atoms with E-state index in [4.69, 9.17) is 11.6 Å². The van der Waals surface area contributed by atoms with Gasteiger partial charge in [0.25, 0.3) is 0 Å². The van der Waals surface area contributed by atoms with Gasteiger partial charge in [-0.25, -0.2) is 4.98 Å². The molecule has 3 heterocycles. The number of nitrogens with one attached hydrogen (secondary N) is 1. The molecule has 2 aromatic carbocycles. The number of benzene rings is 2. The van der Waals surface area contributed by atoms with E-state index in [-0.39, 0.29) is 0 Å². The summed E-state index contributed by atoms with van der Waals surface area (Å²) in [4.78, 5) is 13.4. The molecule has 5 nitrogen and oxygen atoms in total. The maximum atomic E-state index is 13.0. The maximum Gasteiger partial charge on any atom is 0.416 e. The maximum absolute atomic E-state index is 13.0. The molecular formula is C26H25ClF3N5. The summed E-state index contributed by atoms with van der Waals surface area (Å²) in [5.41, 5.74) is 2.55. The van der Waals surface area contributed by atoms with Gasteiger partial charge in [0.15, 0.2) is 0 Å². The molecule has 0 saturated carbocycles. The van der Waals surface area contributed by atoms with Crippen LogP contribution in [0, 0.1) is 0 Å².